The summed E-state index contributed by atoms with van der Waals surface area (Å²) in [6, 6.07) is 1.99. The SMILES string of the molecule is Cc1csc(Nc2cc([C@H]3CCN(C(=O)CC(C)C)C3)nc(C)n2)n1. The molecule has 2 aromatic rings. The van der Waals surface area contributed by atoms with Crippen LogP contribution in [-0.2, 0) is 4.79 Å². The van der Waals surface area contributed by atoms with Crippen molar-refractivity contribution in [1.82, 2.24) is 19.9 Å². The molecule has 6 nitrogen and oxygen atoms in total. The number of hydrogen-bond acceptors (Lipinski definition) is 6. The summed E-state index contributed by atoms with van der Waals surface area (Å²) in [7, 11) is 0. The minimum absolute atomic E-state index is 0.250. The van der Waals surface area contributed by atoms with Gasteiger partial charge in [-0.2, -0.15) is 0 Å². The van der Waals surface area contributed by atoms with Gasteiger partial charge in [0, 0.05) is 36.9 Å². The molecule has 0 aromatic carbocycles. The number of anilines is 2. The summed E-state index contributed by atoms with van der Waals surface area (Å²) in [5, 5.41) is 6.11. The zero-order chi connectivity index (χ0) is 18.0. The van der Waals surface area contributed by atoms with Gasteiger partial charge in [0.05, 0.1) is 11.4 Å². The minimum Gasteiger partial charge on any atom is -0.342 e. The fourth-order valence-corrected chi connectivity index (χ4v) is 3.79. The molecule has 3 rings (SSSR count). The van der Waals surface area contributed by atoms with Crippen molar-refractivity contribution in [2.24, 2.45) is 5.92 Å². The Morgan fingerprint density at radius 1 is 1.36 bits per heavy atom. The maximum atomic E-state index is 12.3. The summed E-state index contributed by atoms with van der Waals surface area (Å²) >= 11 is 1.56. The molecule has 1 atom stereocenters. The molecule has 3 heterocycles. The molecule has 25 heavy (non-hydrogen) atoms. The van der Waals surface area contributed by atoms with Gasteiger partial charge in [-0.15, -0.1) is 11.3 Å². The summed E-state index contributed by atoms with van der Waals surface area (Å²) in [5.41, 5.74) is 2.00. The van der Waals surface area contributed by atoms with Crippen molar-refractivity contribution < 1.29 is 4.79 Å². The second kappa shape index (κ2) is 7.47. The van der Waals surface area contributed by atoms with Crippen molar-refractivity contribution in [3.8, 4) is 0 Å². The van der Waals surface area contributed by atoms with E-state index in [4.69, 9.17) is 0 Å². The van der Waals surface area contributed by atoms with E-state index in [1.807, 2.05) is 30.2 Å². The number of nitrogens with zero attached hydrogens (tertiary/aromatic N) is 4. The molecule has 1 aliphatic rings. The molecule has 7 heteroatoms. The number of hydrogen-bond donors (Lipinski definition) is 1. The average Bonchev–Trinajstić information content (AvgIpc) is 3.15. The second-order valence-electron chi connectivity index (χ2n) is 7.07. The van der Waals surface area contributed by atoms with Gasteiger partial charge >= 0.3 is 0 Å². The van der Waals surface area contributed by atoms with Crippen molar-refractivity contribution in [3.05, 3.63) is 28.7 Å². The molecule has 1 aliphatic heterocycles. The van der Waals surface area contributed by atoms with Crippen LogP contribution in [0.15, 0.2) is 11.4 Å². The van der Waals surface area contributed by atoms with Gasteiger partial charge in [0.25, 0.3) is 0 Å². The van der Waals surface area contributed by atoms with E-state index in [0.717, 1.165) is 47.7 Å². The first kappa shape index (κ1) is 17.8. The maximum Gasteiger partial charge on any atom is 0.222 e. The largest absolute Gasteiger partial charge is 0.342 e. The van der Waals surface area contributed by atoms with Crippen molar-refractivity contribution in [3.63, 3.8) is 0 Å². The first-order valence-corrected chi connectivity index (χ1v) is 9.61. The lowest BCUT2D eigenvalue weighted by molar-refractivity contribution is -0.130. The Morgan fingerprint density at radius 3 is 2.84 bits per heavy atom. The molecule has 0 spiro atoms. The molecule has 0 radical (unpaired) electrons. The molecule has 134 valence electrons. The van der Waals surface area contributed by atoms with Crippen LogP contribution >= 0.6 is 11.3 Å². The highest BCUT2D eigenvalue weighted by atomic mass is 32.1. The third-order valence-electron chi connectivity index (χ3n) is 4.25. The van der Waals surface area contributed by atoms with Crippen molar-refractivity contribution in [1.29, 1.82) is 0 Å². The number of nitrogens with one attached hydrogen (secondary N) is 1. The summed E-state index contributed by atoms with van der Waals surface area (Å²) in [6.45, 7) is 9.60. The van der Waals surface area contributed by atoms with Crippen molar-refractivity contribution in [2.45, 2.75) is 46.5 Å². The Kier molecular flexibility index (Phi) is 5.32. The summed E-state index contributed by atoms with van der Waals surface area (Å²) in [4.78, 5) is 27.8. The zero-order valence-electron chi connectivity index (χ0n) is 15.2. The van der Waals surface area contributed by atoms with E-state index in [1.165, 1.54) is 0 Å². The van der Waals surface area contributed by atoms with Gasteiger partial charge in [0.15, 0.2) is 5.13 Å². The van der Waals surface area contributed by atoms with Gasteiger partial charge in [0.2, 0.25) is 5.91 Å². The Labute approximate surface area is 152 Å². The Morgan fingerprint density at radius 2 is 2.16 bits per heavy atom. The molecule has 1 fully saturated rings. The monoisotopic (exact) mass is 359 g/mol. The Balaban J connectivity index is 1.71. The third-order valence-corrected chi connectivity index (χ3v) is 5.13. The number of rotatable bonds is 5. The third kappa shape index (κ3) is 4.54. The number of carbonyl (C=O) groups excluding carboxylic acids is 1. The highest BCUT2D eigenvalue weighted by molar-refractivity contribution is 7.13. The van der Waals surface area contributed by atoms with Gasteiger partial charge in [-0.25, -0.2) is 15.0 Å². The predicted octanol–water partition coefficient (Wildman–Crippen LogP) is 3.66. The number of aromatic nitrogens is 3. The van der Waals surface area contributed by atoms with Crippen LogP contribution < -0.4 is 5.32 Å². The minimum atomic E-state index is 0.250. The lowest BCUT2D eigenvalue weighted by atomic mass is 10.0. The summed E-state index contributed by atoms with van der Waals surface area (Å²) < 4.78 is 0. The van der Waals surface area contributed by atoms with E-state index in [2.05, 4.69) is 34.1 Å². The average molecular weight is 359 g/mol. The van der Waals surface area contributed by atoms with Crippen LogP contribution in [0, 0.1) is 19.8 Å². The number of carbonyl (C=O) groups is 1. The molecular formula is C18H25N5OS. The van der Waals surface area contributed by atoms with Gasteiger partial charge in [0.1, 0.15) is 11.6 Å². The quantitative estimate of drug-likeness (QED) is 0.882. The van der Waals surface area contributed by atoms with Crippen LogP contribution in [0.2, 0.25) is 0 Å². The van der Waals surface area contributed by atoms with E-state index >= 15 is 0 Å². The summed E-state index contributed by atoms with van der Waals surface area (Å²) in [5.74, 6) is 2.42. The standard InChI is InChI=1S/C18H25N5OS/c1-11(2)7-17(24)23-6-5-14(9-23)15-8-16(21-13(4)20-15)22-18-19-12(3)10-25-18/h8,10-11,14H,5-7,9H2,1-4H3,(H,19,20,21,22)/t14-/m0/s1. The summed E-state index contributed by atoms with van der Waals surface area (Å²) in [6.07, 6.45) is 1.57. The van der Waals surface area contributed by atoms with E-state index < -0.39 is 0 Å². The van der Waals surface area contributed by atoms with Crippen molar-refractivity contribution >= 4 is 28.2 Å². The normalized spacial score (nSPS) is 17.3. The molecular weight excluding hydrogens is 334 g/mol. The molecule has 0 aliphatic carbocycles. The topological polar surface area (TPSA) is 71.0 Å². The Bertz CT molecular complexity index is 758. The number of aryl methyl sites for hydroxylation is 2. The molecule has 2 aromatic heterocycles. The van der Waals surface area contributed by atoms with Crippen LogP contribution in [0.3, 0.4) is 0 Å². The molecule has 1 N–H and O–H groups in total. The number of likely N-dealkylation sites (tertiary alicyclic amines) is 1. The highest BCUT2D eigenvalue weighted by Gasteiger charge is 2.28. The van der Waals surface area contributed by atoms with Crippen LogP contribution in [0.1, 0.15) is 49.8 Å². The van der Waals surface area contributed by atoms with Gasteiger partial charge in [-0.3, -0.25) is 4.79 Å². The Hall–Kier alpha value is -2.02. The highest BCUT2D eigenvalue weighted by Crippen LogP contribution is 2.29. The molecule has 0 bridgehead atoms. The van der Waals surface area contributed by atoms with E-state index in [1.54, 1.807) is 11.3 Å². The molecule has 0 saturated carbocycles. The van der Waals surface area contributed by atoms with Gasteiger partial charge < -0.3 is 10.2 Å². The molecule has 0 unspecified atom stereocenters. The van der Waals surface area contributed by atoms with Gasteiger partial charge in [-0.1, -0.05) is 13.8 Å². The van der Waals surface area contributed by atoms with Crippen LogP contribution in [0.5, 0.6) is 0 Å². The molecule has 1 amide bonds. The molecule has 1 saturated heterocycles. The van der Waals surface area contributed by atoms with E-state index in [9.17, 15) is 4.79 Å². The van der Waals surface area contributed by atoms with Crippen LogP contribution in [-0.4, -0.2) is 38.8 Å². The fourth-order valence-electron chi connectivity index (χ4n) is 3.09. The lowest BCUT2D eigenvalue weighted by Crippen LogP contribution is -2.29. The fraction of sp³-hybridized carbons (Fsp3) is 0.556. The number of thiazole rings is 1. The van der Waals surface area contributed by atoms with Crippen LogP contribution in [0.25, 0.3) is 0 Å². The van der Waals surface area contributed by atoms with E-state index in [0.29, 0.717) is 12.3 Å². The lowest BCUT2D eigenvalue weighted by Gasteiger charge is -2.18. The predicted molar refractivity (Wildman–Crippen MR) is 100 cm³/mol. The maximum absolute atomic E-state index is 12.3. The first-order chi connectivity index (χ1) is 11.9. The van der Waals surface area contributed by atoms with E-state index in [-0.39, 0.29) is 11.8 Å². The smallest absolute Gasteiger partial charge is 0.222 e. The zero-order valence-corrected chi connectivity index (χ0v) is 16.1. The van der Waals surface area contributed by atoms with Gasteiger partial charge in [-0.05, 0) is 26.2 Å². The van der Waals surface area contributed by atoms with Crippen molar-refractivity contribution in [2.75, 3.05) is 18.4 Å². The van der Waals surface area contributed by atoms with Crippen LogP contribution in [0.4, 0.5) is 10.9 Å². The first-order valence-electron chi connectivity index (χ1n) is 8.73. The number of amides is 1. The second-order valence-corrected chi connectivity index (χ2v) is 7.93.